The highest BCUT2D eigenvalue weighted by Gasteiger charge is 2.13. The van der Waals surface area contributed by atoms with Gasteiger partial charge in [-0.2, -0.15) is 0 Å². The Hall–Kier alpha value is -4.26. The highest BCUT2D eigenvalue weighted by Crippen LogP contribution is 2.26. The highest BCUT2D eigenvalue weighted by atomic mass is 16.4. The number of aromatic nitrogens is 2. The number of benzene rings is 3. The van der Waals surface area contributed by atoms with Crippen LogP contribution >= 0.6 is 0 Å². The van der Waals surface area contributed by atoms with E-state index in [1.807, 2.05) is 43.3 Å². The van der Waals surface area contributed by atoms with Crippen LogP contribution in [-0.2, 0) is 11.3 Å². The summed E-state index contributed by atoms with van der Waals surface area (Å²) in [6.07, 6.45) is 0. The Morgan fingerprint density at radius 2 is 1.56 bits per heavy atom. The van der Waals surface area contributed by atoms with Crippen molar-refractivity contribution >= 4 is 17.5 Å². The molecule has 1 aromatic heterocycles. The van der Waals surface area contributed by atoms with E-state index in [0.717, 1.165) is 27.9 Å². The fourth-order valence-electron chi connectivity index (χ4n) is 3.22. The maximum absolute atomic E-state index is 12.5. The first kappa shape index (κ1) is 21.0. The monoisotopic (exact) mass is 426 g/mol. The number of hydrogen-bond donors (Lipinski definition) is 2. The maximum Gasteiger partial charge on any atom is 0.251 e. The molecule has 0 atom stereocenters. The molecule has 0 aliphatic heterocycles. The van der Waals surface area contributed by atoms with Crippen LogP contribution in [0.3, 0.4) is 0 Å². The minimum Gasteiger partial charge on any atom is -0.416 e. The molecule has 2 N–H and O–H groups in total. The largest absolute Gasteiger partial charge is 0.416 e. The van der Waals surface area contributed by atoms with Crippen molar-refractivity contribution in [2.45, 2.75) is 20.4 Å². The van der Waals surface area contributed by atoms with Gasteiger partial charge in [-0.3, -0.25) is 9.59 Å². The van der Waals surface area contributed by atoms with Gasteiger partial charge in [0, 0.05) is 35.8 Å². The maximum atomic E-state index is 12.5. The van der Waals surface area contributed by atoms with Gasteiger partial charge in [-0.25, -0.2) is 0 Å². The average molecular weight is 426 g/mol. The molecule has 0 saturated heterocycles. The summed E-state index contributed by atoms with van der Waals surface area (Å²) in [5.74, 6) is 0.550. The van der Waals surface area contributed by atoms with Crippen molar-refractivity contribution in [1.82, 2.24) is 15.5 Å². The molecule has 4 rings (SSSR count). The van der Waals surface area contributed by atoms with Gasteiger partial charge in [0.15, 0.2) is 0 Å². The van der Waals surface area contributed by atoms with E-state index >= 15 is 0 Å². The predicted octanol–water partition coefficient (Wildman–Crippen LogP) is 4.60. The lowest BCUT2D eigenvalue weighted by Gasteiger charge is -2.07. The van der Waals surface area contributed by atoms with E-state index in [9.17, 15) is 9.59 Å². The molecule has 160 valence electrons. The molecular weight excluding hydrogens is 404 g/mol. The second kappa shape index (κ2) is 9.26. The Kier molecular flexibility index (Phi) is 6.07. The van der Waals surface area contributed by atoms with Gasteiger partial charge < -0.3 is 15.1 Å². The molecule has 0 radical (unpaired) electrons. The standard InChI is InChI=1S/C25H22N4O3/c1-16-5-3-4-6-22(16)25-29-28-24(32-25)20-11-9-19(10-12-20)23(31)26-15-18-7-13-21(14-8-18)27-17(2)30/h3-14H,15H2,1-2H3,(H,26,31)(H,27,30). The van der Waals surface area contributed by atoms with Crippen LogP contribution in [0, 0.1) is 6.92 Å². The third-order valence-electron chi connectivity index (χ3n) is 4.92. The molecule has 7 heteroatoms. The summed E-state index contributed by atoms with van der Waals surface area (Å²) in [4.78, 5) is 23.6. The van der Waals surface area contributed by atoms with E-state index < -0.39 is 0 Å². The van der Waals surface area contributed by atoms with Crippen molar-refractivity contribution in [3.63, 3.8) is 0 Å². The molecule has 0 fully saturated rings. The van der Waals surface area contributed by atoms with Gasteiger partial charge in [0.05, 0.1) is 0 Å². The van der Waals surface area contributed by atoms with Gasteiger partial charge in [0.25, 0.3) is 5.91 Å². The molecular formula is C25H22N4O3. The van der Waals surface area contributed by atoms with Crippen molar-refractivity contribution in [1.29, 1.82) is 0 Å². The first-order valence-corrected chi connectivity index (χ1v) is 10.1. The van der Waals surface area contributed by atoms with E-state index in [1.165, 1.54) is 6.92 Å². The van der Waals surface area contributed by atoms with Crippen LogP contribution in [0.4, 0.5) is 5.69 Å². The molecule has 0 bridgehead atoms. The lowest BCUT2D eigenvalue weighted by Crippen LogP contribution is -2.22. The van der Waals surface area contributed by atoms with Gasteiger partial charge in [-0.05, 0) is 60.5 Å². The van der Waals surface area contributed by atoms with E-state index in [2.05, 4.69) is 20.8 Å². The SMILES string of the molecule is CC(=O)Nc1ccc(CNC(=O)c2ccc(-c3nnc(-c4ccccc4C)o3)cc2)cc1. The topological polar surface area (TPSA) is 97.1 Å². The van der Waals surface area contributed by atoms with Crippen molar-refractivity contribution in [3.8, 4) is 22.9 Å². The zero-order chi connectivity index (χ0) is 22.5. The Bertz CT molecular complexity index is 1240. The van der Waals surface area contributed by atoms with Crippen LogP contribution in [0.15, 0.2) is 77.2 Å². The number of carbonyl (C=O) groups excluding carboxylic acids is 2. The first-order chi connectivity index (χ1) is 15.5. The third-order valence-corrected chi connectivity index (χ3v) is 4.92. The Balaban J connectivity index is 1.39. The van der Waals surface area contributed by atoms with Crippen LogP contribution < -0.4 is 10.6 Å². The van der Waals surface area contributed by atoms with Gasteiger partial charge in [-0.1, -0.05) is 30.3 Å². The average Bonchev–Trinajstić information content (AvgIpc) is 3.28. The smallest absolute Gasteiger partial charge is 0.251 e. The van der Waals surface area contributed by atoms with Crippen molar-refractivity contribution in [2.75, 3.05) is 5.32 Å². The number of nitrogens with zero attached hydrogens (tertiary/aromatic N) is 2. The molecule has 0 saturated carbocycles. The minimum absolute atomic E-state index is 0.124. The molecule has 1 heterocycles. The number of carbonyl (C=O) groups is 2. The molecule has 0 aliphatic rings. The number of anilines is 1. The molecule has 7 nitrogen and oxygen atoms in total. The molecule has 0 spiro atoms. The summed E-state index contributed by atoms with van der Waals surface area (Å²) < 4.78 is 5.83. The first-order valence-electron chi connectivity index (χ1n) is 10.1. The van der Waals surface area contributed by atoms with Crippen LogP contribution in [0.1, 0.15) is 28.4 Å². The number of hydrogen-bond acceptors (Lipinski definition) is 5. The summed E-state index contributed by atoms with van der Waals surface area (Å²) in [5, 5.41) is 13.9. The second-order valence-electron chi connectivity index (χ2n) is 7.37. The number of nitrogens with one attached hydrogen (secondary N) is 2. The third kappa shape index (κ3) is 4.89. The fourth-order valence-corrected chi connectivity index (χ4v) is 3.22. The summed E-state index contributed by atoms with van der Waals surface area (Å²) in [6, 6.07) is 22.1. The number of amides is 2. The summed E-state index contributed by atoms with van der Waals surface area (Å²) >= 11 is 0. The van der Waals surface area contributed by atoms with Gasteiger partial charge in [-0.15, -0.1) is 10.2 Å². The lowest BCUT2D eigenvalue weighted by molar-refractivity contribution is -0.114. The van der Waals surface area contributed by atoms with Crippen LogP contribution in [0.25, 0.3) is 22.9 Å². The lowest BCUT2D eigenvalue weighted by atomic mass is 10.1. The van der Waals surface area contributed by atoms with Gasteiger partial charge >= 0.3 is 0 Å². The Labute approximate surface area is 185 Å². The minimum atomic E-state index is -0.186. The van der Waals surface area contributed by atoms with Gasteiger partial charge in [0.1, 0.15) is 0 Å². The molecule has 2 amide bonds. The molecule has 32 heavy (non-hydrogen) atoms. The second-order valence-corrected chi connectivity index (χ2v) is 7.37. The van der Waals surface area contributed by atoms with E-state index in [-0.39, 0.29) is 11.8 Å². The normalized spacial score (nSPS) is 10.6. The molecule has 3 aromatic carbocycles. The van der Waals surface area contributed by atoms with Crippen LogP contribution in [-0.4, -0.2) is 22.0 Å². The Morgan fingerprint density at radius 1 is 0.875 bits per heavy atom. The van der Waals surface area contributed by atoms with Gasteiger partial charge in [0.2, 0.25) is 17.7 Å². The highest BCUT2D eigenvalue weighted by molar-refractivity contribution is 5.94. The summed E-state index contributed by atoms with van der Waals surface area (Å²) in [7, 11) is 0. The number of rotatable bonds is 6. The zero-order valence-electron chi connectivity index (χ0n) is 17.8. The summed E-state index contributed by atoms with van der Waals surface area (Å²) in [6.45, 7) is 3.83. The van der Waals surface area contributed by atoms with E-state index in [0.29, 0.717) is 23.9 Å². The molecule has 4 aromatic rings. The fraction of sp³-hybridized carbons (Fsp3) is 0.120. The van der Waals surface area contributed by atoms with E-state index in [4.69, 9.17) is 4.42 Å². The number of aryl methyl sites for hydroxylation is 1. The zero-order valence-corrected chi connectivity index (χ0v) is 17.8. The van der Waals surface area contributed by atoms with Crippen molar-refractivity contribution < 1.29 is 14.0 Å². The quantitative estimate of drug-likeness (QED) is 0.470. The predicted molar refractivity (Wildman–Crippen MR) is 122 cm³/mol. The van der Waals surface area contributed by atoms with Crippen molar-refractivity contribution in [3.05, 3.63) is 89.5 Å². The van der Waals surface area contributed by atoms with E-state index in [1.54, 1.807) is 36.4 Å². The van der Waals surface area contributed by atoms with Crippen LogP contribution in [0.2, 0.25) is 0 Å². The van der Waals surface area contributed by atoms with Crippen LogP contribution in [0.5, 0.6) is 0 Å². The van der Waals surface area contributed by atoms with Crippen molar-refractivity contribution in [2.24, 2.45) is 0 Å². The molecule has 0 aliphatic carbocycles. The Morgan fingerprint density at radius 3 is 2.25 bits per heavy atom. The summed E-state index contributed by atoms with van der Waals surface area (Å²) in [5.41, 5.74) is 4.87. The molecule has 0 unspecified atom stereocenters.